The van der Waals surface area contributed by atoms with Gasteiger partial charge in [0.25, 0.3) is 0 Å². The standard InChI is InChI=1S/C25H34O4/c1-15(28-16(2)26)21-8-9-22-20-7-6-18-14-19(29-17(3)27)10-12-24(18,4)23(20)11-13-25(21,22)5/h6,8,19-20,22-23H,1,7,9-14H2,2-5H3/t19-,20-,22-,23-,24+,25+/m1/s1. The van der Waals surface area contributed by atoms with Crippen LogP contribution < -0.4 is 0 Å². The van der Waals surface area contributed by atoms with Crippen molar-refractivity contribution >= 4 is 11.9 Å². The fourth-order valence-corrected chi connectivity index (χ4v) is 7.19. The lowest BCUT2D eigenvalue weighted by molar-refractivity contribution is -0.148. The second kappa shape index (κ2) is 7.14. The van der Waals surface area contributed by atoms with Gasteiger partial charge in [0.15, 0.2) is 0 Å². The van der Waals surface area contributed by atoms with Crippen LogP contribution in [-0.2, 0) is 19.1 Å². The van der Waals surface area contributed by atoms with Gasteiger partial charge in [-0.15, -0.1) is 0 Å². The topological polar surface area (TPSA) is 52.6 Å². The molecule has 0 aromatic carbocycles. The zero-order valence-corrected chi connectivity index (χ0v) is 18.3. The summed E-state index contributed by atoms with van der Waals surface area (Å²) in [5, 5.41) is 0. The molecule has 0 radical (unpaired) electrons. The van der Waals surface area contributed by atoms with E-state index >= 15 is 0 Å². The maximum Gasteiger partial charge on any atom is 0.308 e. The Balaban J connectivity index is 1.55. The van der Waals surface area contributed by atoms with Crippen molar-refractivity contribution in [3.05, 3.63) is 35.6 Å². The van der Waals surface area contributed by atoms with E-state index in [1.54, 1.807) is 0 Å². The smallest absolute Gasteiger partial charge is 0.308 e. The third-order valence-electron chi connectivity index (χ3n) is 8.54. The predicted molar refractivity (Wildman–Crippen MR) is 112 cm³/mol. The van der Waals surface area contributed by atoms with Crippen molar-refractivity contribution in [2.24, 2.45) is 28.6 Å². The molecule has 0 bridgehead atoms. The van der Waals surface area contributed by atoms with Crippen molar-refractivity contribution in [2.75, 3.05) is 0 Å². The zero-order chi connectivity index (χ0) is 21.0. The molecule has 0 aromatic rings. The van der Waals surface area contributed by atoms with Gasteiger partial charge in [-0.2, -0.15) is 0 Å². The van der Waals surface area contributed by atoms with Gasteiger partial charge >= 0.3 is 11.9 Å². The fraction of sp³-hybridized carbons (Fsp3) is 0.680. The molecule has 2 fully saturated rings. The van der Waals surface area contributed by atoms with Gasteiger partial charge in [-0.1, -0.05) is 38.2 Å². The van der Waals surface area contributed by atoms with Crippen molar-refractivity contribution in [3.8, 4) is 0 Å². The molecule has 0 unspecified atom stereocenters. The molecule has 0 heterocycles. The van der Waals surface area contributed by atoms with Gasteiger partial charge in [-0.25, -0.2) is 0 Å². The zero-order valence-electron chi connectivity index (χ0n) is 18.3. The highest BCUT2D eigenvalue weighted by atomic mass is 16.5. The number of esters is 2. The van der Waals surface area contributed by atoms with Gasteiger partial charge in [0.2, 0.25) is 0 Å². The summed E-state index contributed by atoms with van der Waals surface area (Å²) in [6.07, 6.45) is 12.2. The van der Waals surface area contributed by atoms with Crippen LogP contribution in [0, 0.1) is 28.6 Å². The molecule has 4 aliphatic carbocycles. The van der Waals surface area contributed by atoms with E-state index in [0.29, 0.717) is 23.5 Å². The molecule has 158 valence electrons. The van der Waals surface area contributed by atoms with Crippen LogP contribution in [0.2, 0.25) is 0 Å². The highest BCUT2D eigenvalue weighted by molar-refractivity contribution is 5.68. The Morgan fingerprint density at radius 3 is 2.41 bits per heavy atom. The number of allylic oxidation sites excluding steroid dienone is 3. The molecule has 0 amide bonds. The summed E-state index contributed by atoms with van der Waals surface area (Å²) in [6.45, 7) is 11.8. The lowest BCUT2D eigenvalue weighted by Gasteiger charge is -2.57. The Hall–Kier alpha value is -1.84. The Labute approximate surface area is 174 Å². The lowest BCUT2D eigenvalue weighted by atomic mass is 9.47. The number of rotatable bonds is 3. The maximum atomic E-state index is 11.4. The molecule has 2 saturated carbocycles. The van der Waals surface area contributed by atoms with E-state index in [4.69, 9.17) is 9.47 Å². The van der Waals surface area contributed by atoms with Crippen LogP contribution in [0.5, 0.6) is 0 Å². The number of ether oxygens (including phenoxy) is 2. The molecule has 6 atom stereocenters. The molecule has 0 saturated heterocycles. The summed E-state index contributed by atoms with van der Waals surface area (Å²) in [5.41, 5.74) is 2.92. The molecule has 4 rings (SSSR count). The highest BCUT2D eigenvalue weighted by Crippen LogP contribution is 2.65. The second-order valence-corrected chi connectivity index (χ2v) is 10.1. The van der Waals surface area contributed by atoms with Crippen LogP contribution in [0.3, 0.4) is 0 Å². The molecule has 4 heteroatoms. The van der Waals surface area contributed by atoms with Crippen molar-refractivity contribution < 1.29 is 19.1 Å². The Bertz CT molecular complexity index is 806. The van der Waals surface area contributed by atoms with Crippen LogP contribution in [-0.4, -0.2) is 18.0 Å². The summed E-state index contributed by atoms with van der Waals surface area (Å²) < 4.78 is 10.9. The van der Waals surface area contributed by atoms with E-state index in [2.05, 4.69) is 32.6 Å². The van der Waals surface area contributed by atoms with Gasteiger partial charge in [0.05, 0.1) is 0 Å². The molecule has 4 nitrogen and oxygen atoms in total. The first-order chi connectivity index (χ1) is 13.6. The number of fused-ring (bicyclic) bond motifs is 5. The summed E-state index contributed by atoms with van der Waals surface area (Å²) in [7, 11) is 0. The molecule has 0 aromatic heterocycles. The van der Waals surface area contributed by atoms with E-state index in [-0.39, 0.29) is 28.9 Å². The van der Waals surface area contributed by atoms with Gasteiger partial charge in [-0.05, 0) is 72.7 Å². The quantitative estimate of drug-likeness (QED) is 0.358. The molecular formula is C25H34O4. The molecule has 29 heavy (non-hydrogen) atoms. The number of hydrogen-bond donors (Lipinski definition) is 0. The van der Waals surface area contributed by atoms with Crippen LogP contribution in [0.1, 0.15) is 72.6 Å². The SMILES string of the molecule is C=C(OC(C)=O)C1=CC[C@@H]2[C@H]3CC=C4C[C@H](OC(C)=O)CC[C@]4(C)[C@@H]3CC[C@@]12C. The Morgan fingerprint density at radius 1 is 1.00 bits per heavy atom. The monoisotopic (exact) mass is 398 g/mol. The first-order valence-corrected chi connectivity index (χ1v) is 11.1. The van der Waals surface area contributed by atoms with E-state index in [9.17, 15) is 9.59 Å². The Kier molecular flexibility index (Phi) is 5.03. The van der Waals surface area contributed by atoms with E-state index < -0.39 is 0 Å². The average Bonchev–Trinajstić information content (AvgIpc) is 2.98. The van der Waals surface area contributed by atoms with E-state index in [1.165, 1.54) is 25.8 Å². The van der Waals surface area contributed by atoms with E-state index in [1.807, 2.05) is 0 Å². The van der Waals surface area contributed by atoms with Crippen LogP contribution in [0.4, 0.5) is 0 Å². The molecule has 0 aliphatic heterocycles. The Morgan fingerprint density at radius 2 is 1.72 bits per heavy atom. The van der Waals surface area contributed by atoms with Crippen LogP contribution in [0.15, 0.2) is 35.6 Å². The fourth-order valence-electron chi connectivity index (χ4n) is 7.19. The summed E-state index contributed by atoms with van der Waals surface area (Å²) >= 11 is 0. The molecule has 4 aliphatic rings. The minimum absolute atomic E-state index is 0.0454. The molecule has 0 spiro atoms. The molecular weight excluding hydrogens is 364 g/mol. The van der Waals surface area contributed by atoms with Crippen molar-refractivity contribution in [3.63, 3.8) is 0 Å². The third-order valence-corrected chi connectivity index (χ3v) is 8.54. The first kappa shape index (κ1) is 20.4. The van der Waals surface area contributed by atoms with Crippen molar-refractivity contribution in [1.29, 1.82) is 0 Å². The second-order valence-electron chi connectivity index (χ2n) is 10.1. The predicted octanol–water partition coefficient (Wildman–Crippen LogP) is 5.49. The van der Waals surface area contributed by atoms with Crippen molar-refractivity contribution in [1.82, 2.24) is 0 Å². The third kappa shape index (κ3) is 3.29. The average molecular weight is 399 g/mol. The van der Waals surface area contributed by atoms with Gasteiger partial charge in [-0.3, -0.25) is 9.59 Å². The summed E-state index contributed by atoms with van der Waals surface area (Å²) in [5.74, 6) is 1.98. The largest absolute Gasteiger partial charge is 0.462 e. The normalized spacial score (nSPS) is 40.6. The number of carbonyl (C=O) groups is 2. The maximum absolute atomic E-state index is 11.4. The van der Waals surface area contributed by atoms with Crippen LogP contribution in [0.25, 0.3) is 0 Å². The van der Waals surface area contributed by atoms with Crippen LogP contribution >= 0.6 is 0 Å². The van der Waals surface area contributed by atoms with Gasteiger partial charge in [0, 0.05) is 20.3 Å². The first-order valence-electron chi connectivity index (χ1n) is 11.1. The number of carbonyl (C=O) groups excluding carboxylic acids is 2. The van der Waals surface area contributed by atoms with Crippen molar-refractivity contribution in [2.45, 2.75) is 78.7 Å². The minimum Gasteiger partial charge on any atom is -0.462 e. The summed E-state index contributed by atoms with van der Waals surface area (Å²) in [6, 6.07) is 0. The van der Waals surface area contributed by atoms with E-state index in [0.717, 1.165) is 44.1 Å². The summed E-state index contributed by atoms with van der Waals surface area (Å²) in [4.78, 5) is 22.9. The van der Waals surface area contributed by atoms with Gasteiger partial charge < -0.3 is 9.47 Å². The highest BCUT2D eigenvalue weighted by Gasteiger charge is 2.57. The number of hydrogen-bond acceptors (Lipinski definition) is 4. The minimum atomic E-state index is -0.293. The lowest BCUT2D eigenvalue weighted by Crippen LogP contribution is -2.50. The molecule has 0 N–H and O–H groups in total. The van der Waals surface area contributed by atoms with Gasteiger partial charge in [0.1, 0.15) is 11.9 Å².